The van der Waals surface area contributed by atoms with Gasteiger partial charge in [-0.25, -0.2) is 4.79 Å². The van der Waals surface area contributed by atoms with Crippen molar-refractivity contribution in [3.05, 3.63) is 52.9 Å². The molecule has 0 aromatic carbocycles. The normalized spacial score (nSPS) is 16.1. The summed E-state index contributed by atoms with van der Waals surface area (Å²) in [6.07, 6.45) is 4.58. The van der Waals surface area contributed by atoms with Gasteiger partial charge in [-0.2, -0.15) is 0 Å². The van der Waals surface area contributed by atoms with E-state index in [4.69, 9.17) is 9.52 Å². The maximum atomic E-state index is 11.4. The van der Waals surface area contributed by atoms with Gasteiger partial charge in [-0.05, 0) is 17.8 Å². The molecule has 0 saturated carbocycles. The van der Waals surface area contributed by atoms with Crippen molar-refractivity contribution in [3.63, 3.8) is 0 Å². The van der Waals surface area contributed by atoms with Gasteiger partial charge in [0.2, 0.25) is 0 Å². The van der Waals surface area contributed by atoms with Crippen LogP contribution in [0.5, 0.6) is 0 Å². The zero-order chi connectivity index (χ0) is 15.7. The van der Waals surface area contributed by atoms with Crippen molar-refractivity contribution >= 4 is 35.0 Å². The molecule has 2 aromatic rings. The molecule has 1 saturated heterocycles. The van der Waals surface area contributed by atoms with Gasteiger partial charge in [0.15, 0.2) is 12.4 Å². The molecule has 0 radical (unpaired) electrons. The second-order valence-corrected chi connectivity index (χ2v) is 5.34. The van der Waals surface area contributed by atoms with Gasteiger partial charge in [-0.3, -0.25) is 14.9 Å². The van der Waals surface area contributed by atoms with E-state index in [9.17, 15) is 14.4 Å². The number of nitrogens with zero attached hydrogens (tertiary/aromatic N) is 1. The number of carboxylic acid groups (broad SMARTS) is 1. The molecule has 3 heterocycles. The van der Waals surface area contributed by atoms with Gasteiger partial charge in [0, 0.05) is 18.2 Å². The number of hydrogen-bond acceptors (Lipinski definition) is 5. The lowest BCUT2D eigenvalue weighted by Gasteiger charge is -1.93. The second-order valence-electron chi connectivity index (χ2n) is 4.33. The maximum absolute atomic E-state index is 11.4. The van der Waals surface area contributed by atoms with Gasteiger partial charge in [0.05, 0.1) is 16.5 Å². The highest BCUT2D eigenvalue weighted by Gasteiger charge is 2.25. The van der Waals surface area contributed by atoms with Crippen LogP contribution in [0.15, 0.2) is 46.0 Å². The van der Waals surface area contributed by atoms with Crippen LogP contribution in [0.1, 0.15) is 16.1 Å². The number of imide groups is 1. The van der Waals surface area contributed by atoms with Crippen LogP contribution in [0.2, 0.25) is 0 Å². The maximum Gasteiger partial charge on any atom is 0.378 e. The molecule has 22 heavy (non-hydrogen) atoms. The number of rotatable bonds is 3. The third-order valence-electron chi connectivity index (χ3n) is 2.86. The van der Waals surface area contributed by atoms with Crippen molar-refractivity contribution in [2.45, 2.75) is 0 Å². The number of thioether (sulfide) groups is 1. The minimum atomic E-state index is -1.01. The molecule has 0 spiro atoms. The number of carbonyl (C=O) groups excluding carboxylic acids is 2. The quantitative estimate of drug-likeness (QED) is 0.658. The van der Waals surface area contributed by atoms with E-state index in [0.717, 1.165) is 11.8 Å². The first kappa shape index (κ1) is 14.1. The molecule has 0 unspecified atom stereocenters. The average Bonchev–Trinajstić information content (AvgIpc) is 3.06. The predicted octanol–water partition coefficient (Wildman–Crippen LogP) is 1.58. The van der Waals surface area contributed by atoms with E-state index in [1.165, 1.54) is 18.2 Å². The van der Waals surface area contributed by atoms with Crippen molar-refractivity contribution in [2.24, 2.45) is 0 Å². The monoisotopic (exact) mass is 317 g/mol. The van der Waals surface area contributed by atoms with Gasteiger partial charge in [-0.15, -0.1) is 4.57 Å². The SMILES string of the molecule is O=C1NC(=O)C(=Cc2ccc(-[n+]3ccc(C(=O)O)cc3)o2)S1. The van der Waals surface area contributed by atoms with Crippen molar-refractivity contribution < 1.29 is 28.5 Å². The summed E-state index contributed by atoms with van der Waals surface area (Å²) in [5.41, 5.74) is 0.169. The Labute approximate surface area is 128 Å². The topological polar surface area (TPSA) is 100 Å². The zero-order valence-corrected chi connectivity index (χ0v) is 11.8. The summed E-state index contributed by atoms with van der Waals surface area (Å²) in [5, 5.41) is 10.6. The summed E-state index contributed by atoms with van der Waals surface area (Å²) < 4.78 is 7.15. The molecule has 1 aliphatic rings. The Balaban J connectivity index is 1.85. The second kappa shape index (κ2) is 5.49. The molecule has 0 atom stereocenters. The first-order valence-corrected chi connectivity index (χ1v) is 6.94. The van der Waals surface area contributed by atoms with Crippen molar-refractivity contribution in [1.82, 2.24) is 5.32 Å². The van der Waals surface area contributed by atoms with E-state index in [0.29, 0.717) is 11.6 Å². The lowest BCUT2D eigenvalue weighted by Crippen LogP contribution is -2.28. The predicted molar refractivity (Wildman–Crippen MR) is 76.3 cm³/mol. The molecule has 7 nitrogen and oxygen atoms in total. The van der Waals surface area contributed by atoms with Crippen LogP contribution in [0.4, 0.5) is 4.79 Å². The smallest absolute Gasteiger partial charge is 0.378 e. The third-order valence-corrected chi connectivity index (χ3v) is 3.67. The fourth-order valence-corrected chi connectivity index (χ4v) is 2.49. The minimum absolute atomic E-state index is 0.169. The molecule has 2 aromatic heterocycles. The van der Waals surface area contributed by atoms with E-state index in [2.05, 4.69) is 5.32 Å². The number of carbonyl (C=O) groups is 3. The van der Waals surface area contributed by atoms with Gasteiger partial charge in [0.1, 0.15) is 5.76 Å². The highest BCUT2D eigenvalue weighted by Crippen LogP contribution is 2.26. The molecule has 2 amide bonds. The Morgan fingerprint density at radius 3 is 2.55 bits per heavy atom. The lowest BCUT2D eigenvalue weighted by atomic mass is 10.3. The average molecular weight is 317 g/mol. The van der Waals surface area contributed by atoms with Gasteiger partial charge >= 0.3 is 11.9 Å². The highest BCUT2D eigenvalue weighted by atomic mass is 32.2. The van der Waals surface area contributed by atoms with Crippen molar-refractivity contribution in [3.8, 4) is 5.88 Å². The first-order chi connectivity index (χ1) is 10.5. The minimum Gasteiger partial charge on any atom is -0.478 e. The summed E-state index contributed by atoms with van der Waals surface area (Å²) in [4.78, 5) is 33.6. The van der Waals surface area contributed by atoms with E-state index in [1.807, 2.05) is 0 Å². The van der Waals surface area contributed by atoms with Gasteiger partial charge in [-0.1, -0.05) is 0 Å². The molecule has 0 aliphatic carbocycles. The van der Waals surface area contributed by atoms with Crippen LogP contribution in [0.3, 0.4) is 0 Å². The van der Waals surface area contributed by atoms with E-state index >= 15 is 0 Å². The van der Waals surface area contributed by atoms with E-state index in [-0.39, 0.29) is 10.5 Å². The molecular weight excluding hydrogens is 308 g/mol. The fourth-order valence-electron chi connectivity index (χ4n) is 1.82. The Kier molecular flexibility index (Phi) is 3.51. The number of carboxylic acids is 1. The number of nitrogens with one attached hydrogen (secondary N) is 1. The first-order valence-electron chi connectivity index (χ1n) is 6.12. The summed E-state index contributed by atoms with van der Waals surface area (Å²) >= 11 is 0.808. The molecule has 110 valence electrons. The number of aromatic nitrogens is 1. The molecule has 1 aliphatic heterocycles. The number of hydrogen-bond donors (Lipinski definition) is 2. The number of aromatic carboxylic acids is 1. The summed E-state index contributed by atoms with van der Waals surface area (Å²) in [7, 11) is 0. The largest absolute Gasteiger partial charge is 0.478 e. The molecule has 2 N–H and O–H groups in total. The Bertz CT molecular complexity index is 807. The number of amides is 2. The van der Waals surface area contributed by atoms with Crippen LogP contribution in [0, 0.1) is 0 Å². The summed E-state index contributed by atoms with van der Waals surface area (Å²) in [6.45, 7) is 0. The number of pyridine rings is 1. The number of furan rings is 1. The molecule has 1 fully saturated rings. The van der Waals surface area contributed by atoms with Crippen LogP contribution < -0.4 is 9.88 Å². The summed E-state index contributed by atoms with van der Waals surface area (Å²) in [5.74, 6) is -0.590. The van der Waals surface area contributed by atoms with Crippen LogP contribution >= 0.6 is 11.8 Å². The standard InChI is InChI=1S/C14H8N2O5S/c17-12-10(22-14(20)15-12)7-9-1-2-11(21-9)16-5-3-8(4-6-16)13(18)19/h1-7H,(H-,15,17,18,19,20)/p+1. The van der Waals surface area contributed by atoms with Crippen molar-refractivity contribution in [2.75, 3.05) is 0 Å². The van der Waals surface area contributed by atoms with E-state index in [1.54, 1.807) is 29.1 Å². The van der Waals surface area contributed by atoms with Crippen LogP contribution in [-0.2, 0) is 4.79 Å². The Hall–Kier alpha value is -2.87. The van der Waals surface area contributed by atoms with Crippen LogP contribution in [0.25, 0.3) is 12.0 Å². The highest BCUT2D eigenvalue weighted by molar-refractivity contribution is 8.18. The van der Waals surface area contributed by atoms with Gasteiger partial charge in [0.25, 0.3) is 11.1 Å². The fraction of sp³-hybridized carbons (Fsp3) is 0. The van der Waals surface area contributed by atoms with Gasteiger partial charge < -0.3 is 9.52 Å². The zero-order valence-electron chi connectivity index (χ0n) is 11.0. The van der Waals surface area contributed by atoms with Crippen molar-refractivity contribution in [1.29, 1.82) is 0 Å². The van der Waals surface area contributed by atoms with E-state index < -0.39 is 17.1 Å². The summed E-state index contributed by atoms with van der Waals surface area (Å²) in [6, 6.07) is 6.22. The molecule has 8 heteroatoms. The molecular formula is C14H9N2O5S+. The molecule has 0 bridgehead atoms. The Morgan fingerprint density at radius 2 is 1.95 bits per heavy atom. The Morgan fingerprint density at radius 1 is 1.23 bits per heavy atom. The third kappa shape index (κ3) is 2.77. The molecule has 3 rings (SSSR count). The van der Waals surface area contributed by atoms with Crippen LogP contribution in [-0.4, -0.2) is 22.2 Å². The lowest BCUT2D eigenvalue weighted by molar-refractivity contribution is -0.609.